The predicted octanol–water partition coefficient (Wildman–Crippen LogP) is 6.04. The number of hydrogen-bond donors (Lipinski definition) is 0. The topological polar surface area (TPSA) is 29.5 Å². The zero-order valence-electron chi connectivity index (χ0n) is 16.0. The molecule has 0 spiro atoms. The summed E-state index contributed by atoms with van der Waals surface area (Å²) in [5.41, 5.74) is 0.729. The van der Waals surface area contributed by atoms with Gasteiger partial charge in [0, 0.05) is 18.7 Å². The van der Waals surface area contributed by atoms with Crippen LogP contribution in [0.25, 0.3) is 0 Å². The zero-order valence-corrected chi connectivity index (χ0v) is 16.0. The van der Waals surface area contributed by atoms with Gasteiger partial charge in [0.2, 0.25) is 0 Å². The van der Waals surface area contributed by atoms with Crippen molar-refractivity contribution in [3.8, 4) is 0 Å². The Morgan fingerprint density at radius 1 is 0.826 bits per heavy atom. The fraction of sp³-hybridized carbons (Fsp3) is 0.850. The lowest BCUT2D eigenvalue weighted by atomic mass is 10.1. The molecule has 0 atom stereocenters. The highest BCUT2D eigenvalue weighted by molar-refractivity contribution is 5.87. The molecule has 0 N–H and O–H groups in total. The lowest BCUT2D eigenvalue weighted by Crippen LogP contribution is -2.27. The molecule has 0 unspecified atom stereocenters. The van der Waals surface area contributed by atoms with Gasteiger partial charge in [0.05, 0.1) is 0 Å². The van der Waals surface area contributed by atoms with E-state index in [1.807, 2.05) is 26.8 Å². The first kappa shape index (κ1) is 22.2. The standard InChI is InChI=1S/C20H39NO2/c1-5-8-9-10-11-12-13-14-15-16-17-18-19(4)20(22)23-21(6-2)7-3/h18H,5-17H2,1-4H3. The maximum absolute atomic E-state index is 11.9. The summed E-state index contributed by atoms with van der Waals surface area (Å²) in [5, 5.41) is 1.68. The van der Waals surface area contributed by atoms with Gasteiger partial charge in [-0.2, -0.15) is 0 Å². The number of allylic oxidation sites excluding steroid dienone is 1. The first-order chi connectivity index (χ1) is 11.2. The van der Waals surface area contributed by atoms with E-state index < -0.39 is 0 Å². The maximum Gasteiger partial charge on any atom is 0.352 e. The minimum Gasteiger partial charge on any atom is -0.364 e. The Labute approximate surface area is 144 Å². The van der Waals surface area contributed by atoms with Crippen LogP contribution in [0, 0.1) is 0 Å². The van der Waals surface area contributed by atoms with E-state index in [-0.39, 0.29) is 5.97 Å². The molecule has 3 nitrogen and oxygen atoms in total. The third-order valence-corrected chi connectivity index (χ3v) is 4.25. The molecule has 0 radical (unpaired) electrons. The second-order valence-corrected chi connectivity index (χ2v) is 6.35. The third-order valence-electron chi connectivity index (χ3n) is 4.25. The van der Waals surface area contributed by atoms with Gasteiger partial charge in [-0.1, -0.05) is 70.8 Å². The SMILES string of the molecule is CCCCCCCCCCCCC=C(C)C(=O)ON(CC)CC. The van der Waals surface area contributed by atoms with Gasteiger partial charge in [0.15, 0.2) is 0 Å². The summed E-state index contributed by atoms with van der Waals surface area (Å²) in [4.78, 5) is 17.1. The minimum absolute atomic E-state index is 0.208. The molecule has 0 rings (SSSR count). The summed E-state index contributed by atoms with van der Waals surface area (Å²) in [6, 6.07) is 0. The first-order valence-electron chi connectivity index (χ1n) is 9.79. The Kier molecular flexibility index (Phi) is 15.5. The largest absolute Gasteiger partial charge is 0.364 e. The van der Waals surface area contributed by atoms with Crippen LogP contribution in [0.4, 0.5) is 0 Å². The van der Waals surface area contributed by atoms with E-state index >= 15 is 0 Å². The summed E-state index contributed by atoms with van der Waals surface area (Å²) in [7, 11) is 0. The van der Waals surface area contributed by atoms with Crippen molar-refractivity contribution in [2.24, 2.45) is 0 Å². The fourth-order valence-electron chi connectivity index (χ4n) is 2.58. The van der Waals surface area contributed by atoms with Gasteiger partial charge in [0.25, 0.3) is 0 Å². The van der Waals surface area contributed by atoms with Crippen LogP contribution >= 0.6 is 0 Å². The molecule has 3 heteroatoms. The average Bonchev–Trinajstić information content (AvgIpc) is 2.57. The average molecular weight is 326 g/mol. The number of hydroxylamine groups is 2. The highest BCUT2D eigenvalue weighted by atomic mass is 16.7. The molecular formula is C20H39NO2. The maximum atomic E-state index is 11.9. The van der Waals surface area contributed by atoms with E-state index in [0.717, 1.165) is 25.1 Å². The van der Waals surface area contributed by atoms with Gasteiger partial charge in [-0.15, -0.1) is 5.06 Å². The zero-order chi connectivity index (χ0) is 17.3. The summed E-state index contributed by atoms with van der Waals surface area (Å²) < 4.78 is 0. The van der Waals surface area contributed by atoms with E-state index in [4.69, 9.17) is 4.84 Å². The monoisotopic (exact) mass is 325 g/mol. The molecule has 0 aromatic carbocycles. The van der Waals surface area contributed by atoms with E-state index in [1.165, 1.54) is 64.2 Å². The van der Waals surface area contributed by atoms with Crippen molar-refractivity contribution in [1.82, 2.24) is 5.06 Å². The quantitative estimate of drug-likeness (QED) is 0.209. The third kappa shape index (κ3) is 13.3. The molecule has 0 aliphatic rings. The molecular weight excluding hydrogens is 286 g/mol. The number of rotatable bonds is 15. The Balaban J connectivity index is 3.56. The summed E-state index contributed by atoms with van der Waals surface area (Å²) in [5.74, 6) is -0.208. The van der Waals surface area contributed by atoms with Crippen molar-refractivity contribution in [1.29, 1.82) is 0 Å². The lowest BCUT2D eigenvalue weighted by Gasteiger charge is -2.17. The molecule has 0 amide bonds. The van der Waals surface area contributed by atoms with Crippen LogP contribution < -0.4 is 0 Å². The highest BCUT2D eigenvalue weighted by Crippen LogP contribution is 2.12. The minimum atomic E-state index is -0.208. The van der Waals surface area contributed by atoms with Crippen LogP contribution in [0.1, 0.15) is 98.3 Å². The molecule has 136 valence electrons. The van der Waals surface area contributed by atoms with Crippen molar-refractivity contribution in [3.63, 3.8) is 0 Å². The number of carbonyl (C=O) groups is 1. The van der Waals surface area contributed by atoms with Crippen molar-refractivity contribution in [3.05, 3.63) is 11.6 Å². The van der Waals surface area contributed by atoms with Crippen LogP contribution in [0.2, 0.25) is 0 Å². The van der Waals surface area contributed by atoms with Crippen LogP contribution in [-0.2, 0) is 9.63 Å². The molecule has 23 heavy (non-hydrogen) atoms. The molecule has 0 aliphatic heterocycles. The van der Waals surface area contributed by atoms with Crippen molar-refractivity contribution < 1.29 is 9.63 Å². The van der Waals surface area contributed by atoms with Gasteiger partial charge in [-0.3, -0.25) is 0 Å². The molecule has 0 aliphatic carbocycles. The molecule has 0 aromatic rings. The van der Waals surface area contributed by atoms with Crippen molar-refractivity contribution in [2.75, 3.05) is 13.1 Å². The smallest absolute Gasteiger partial charge is 0.352 e. The van der Waals surface area contributed by atoms with Gasteiger partial charge in [-0.25, -0.2) is 4.79 Å². The van der Waals surface area contributed by atoms with E-state index in [2.05, 4.69) is 6.92 Å². The predicted molar refractivity (Wildman–Crippen MR) is 99.2 cm³/mol. The fourth-order valence-corrected chi connectivity index (χ4v) is 2.58. The van der Waals surface area contributed by atoms with Crippen LogP contribution in [-0.4, -0.2) is 24.1 Å². The molecule has 0 fully saturated rings. The number of unbranched alkanes of at least 4 members (excludes halogenated alkanes) is 10. The number of hydrogen-bond acceptors (Lipinski definition) is 3. The molecule has 0 bridgehead atoms. The Bertz CT molecular complexity index is 309. The van der Waals surface area contributed by atoms with Crippen LogP contribution in [0.3, 0.4) is 0 Å². The number of carbonyl (C=O) groups excluding carboxylic acids is 1. The Hall–Kier alpha value is -0.830. The first-order valence-corrected chi connectivity index (χ1v) is 9.79. The van der Waals surface area contributed by atoms with Crippen molar-refractivity contribution in [2.45, 2.75) is 98.3 Å². The molecule has 0 aromatic heterocycles. The van der Waals surface area contributed by atoms with E-state index in [0.29, 0.717) is 0 Å². The Morgan fingerprint density at radius 2 is 1.30 bits per heavy atom. The van der Waals surface area contributed by atoms with Gasteiger partial charge >= 0.3 is 5.97 Å². The summed E-state index contributed by atoms with van der Waals surface area (Å²) in [6.07, 6.45) is 16.4. The van der Waals surface area contributed by atoms with E-state index in [1.54, 1.807) is 5.06 Å². The number of nitrogens with zero attached hydrogens (tertiary/aromatic N) is 1. The normalized spacial score (nSPS) is 12.0. The van der Waals surface area contributed by atoms with Crippen LogP contribution in [0.15, 0.2) is 11.6 Å². The van der Waals surface area contributed by atoms with Gasteiger partial charge in [-0.05, 0) is 33.6 Å². The summed E-state index contributed by atoms with van der Waals surface area (Å²) in [6.45, 7) is 9.54. The lowest BCUT2D eigenvalue weighted by molar-refractivity contribution is -0.183. The molecule has 0 heterocycles. The second kappa shape index (κ2) is 16.0. The Morgan fingerprint density at radius 3 is 1.78 bits per heavy atom. The highest BCUT2D eigenvalue weighted by Gasteiger charge is 2.09. The van der Waals surface area contributed by atoms with E-state index in [9.17, 15) is 4.79 Å². The second-order valence-electron chi connectivity index (χ2n) is 6.35. The summed E-state index contributed by atoms with van der Waals surface area (Å²) >= 11 is 0. The van der Waals surface area contributed by atoms with Gasteiger partial charge < -0.3 is 4.84 Å². The van der Waals surface area contributed by atoms with Gasteiger partial charge in [0.1, 0.15) is 0 Å². The van der Waals surface area contributed by atoms with Crippen molar-refractivity contribution >= 4 is 5.97 Å². The molecule has 0 saturated carbocycles. The molecule has 0 saturated heterocycles. The van der Waals surface area contributed by atoms with Crippen LogP contribution in [0.5, 0.6) is 0 Å².